The third kappa shape index (κ3) is 6.08. The lowest BCUT2D eigenvalue weighted by Gasteiger charge is -2.32. The minimum Gasteiger partial charge on any atom is -0.382 e. The summed E-state index contributed by atoms with van der Waals surface area (Å²) in [5, 5.41) is 0.400. The lowest BCUT2D eigenvalue weighted by atomic mass is 9.78. The van der Waals surface area contributed by atoms with E-state index in [2.05, 4.69) is 6.92 Å². The van der Waals surface area contributed by atoms with E-state index in [-0.39, 0.29) is 0 Å². The molecule has 3 heteroatoms. The van der Waals surface area contributed by atoms with Gasteiger partial charge in [-0.1, -0.05) is 13.3 Å². The highest BCUT2D eigenvalue weighted by Gasteiger charge is 2.27. The van der Waals surface area contributed by atoms with Crippen LogP contribution in [0.15, 0.2) is 0 Å². The fraction of sp³-hybridized carbons (Fsp3) is 1.00. The maximum atomic E-state index is 6.41. The van der Waals surface area contributed by atoms with E-state index in [1.54, 1.807) is 7.11 Å². The van der Waals surface area contributed by atoms with Crippen molar-refractivity contribution in [3.8, 4) is 0 Å². The summed E-state index contributed by atoms with van der Waals surface area (Å²) in [5.74, 6) is 1.62. The molecule has 102 valence electrons. The van der Waals surface area contributed by atoms with Crippen LogP contribution in [0.4, 0.5) is 0 Å². The van der Waals surface area contributed by atoms with E-state index in [1.165, 1.54) is 32.1 Å². The van der Waals surface area contributed by atoms with Gasteiger partial charge in [-0.15, -0.1) is 11.6 Å². The highest BCUT2D eigenvalue weighted by molar-refractivity contribution is 6.20. The average Bonchev–Trinajstić information content (AvgIpc) is 2.35. The lowest BCUT2D eigenvalue weighted by molar-refractivity contribution is 0.0659. The fourth-order valence-corrected chi connectivity index (χ4v) is 3.04. The predicted molar refractivity (Wildman–Crippen MR) is 72.7 cm³/mol. The van der Waals surface area contributed by atoms with Crippen molar-refractivity contribution in [3.63, 3.8) is 0 Å². The van der Waals surface area contributed by atoms with Gasteiger partial charge in [-0.05, 0) is 43.9 Å². The highest BCUT2D eigenvalue weighted by Crippen LogP contribution is 2.36. The first kappa shape index (κ1) is 15.3. The van der Waals surface area contributed by atoms with Gasteiger partial charge in [-0.2, -0.15) is 0 Å². The van der Waals surface area contributed by atoms with Crippen molar-refractivity contribution in [2.45, 2.75) is 50.8 Å². The SMILES string of the molecule is CCC1CCC(Cl)C(CCCOCCOC)C1. The highest BCUT2D eigenvalue weighted by atomic mass is 35.5. The summed E-state index contributed by atoms with van der Waals surface area (Å²) in [6, 6.07) is 0. The standard InChI is InChI=1S/C14H27ClO2/c1-3-12-6-7-14(15)13(11-12)5-4-8-17-10-9-16-2/h12-14H,3-11H2,1-2H3. The van der Waals surface area contributed by atoms with Gasteiger partial charge in [0.15, 0.2) is 0 Å². The molecule has 2 nitrogen and oxygen atoms in total. The third-order valence-corrected chi connectivity index (χ3v) is 4.45. The van der Waals surface area contributed by atoms with Crippen LogP contribution in [0.3, 0.4) is 0 Å². The molecule has 1 rings (SSSR count). The van der Waals surface area contributed by atoms with Crippen LogP contribution in [-0.4, -0.2) is 32.3 Å². The number of methoxy groups -OCH3 is 1. The van der Waals surface area contributed by atoms with E-state index >= 15 is 0 Å². The summed E-state index contributed by atoms with van der Waals surface area (Å²) >= 11 is 6.41. The first-order valence-corrected chi connectivity index (χ1v) is 7.42. The predicted octanol–water partition coefficient (Wildman–Crippen LogP) is 3.86. The molecular formula is C14H27ClO2. The number of ether oxygens (including phenoxy) is 2. The quantitative estimate of drug-likeness (QED) is 0.488. The molecule has 0 aliphatic heterocycles. The molecule has 0 amide bonds. The molecule has 1 saturated carbocycles. The van der Waals surface area contributed by atoms with Crippen LogP contribution in [0.25, 0.3) is 0 Å². The molecule has 0 saturated heterocycles. The molecule has 1 aliphatic rings. The Morgan fingerprint density at radius 1 is 1.18 bits per heavy atom. The number of halogens is 1. The molecule has 0 aromatic rings. The van der Waals surface area contributed by atoms with Gasteiger partial charge < -0.3 is 9.47 Å². The second-order valence-corrected chi connectivity index (χ2v) is 5.67. The Hall–Kier alpha value is 0.210. The molecule has 0 aromatic carbocycles. The van der Waals surface area contributed by atoms with Crippen LogP contribution in [0.2, 0.25) is 0 Å². The first-order chi connectivity index (χ1) is 8.27. The number of hydrogen-bond acceptors (Lipinski definition) is 2. The molecule has 0 bridgehead atoms. The van der Waals surface area contributed by atoms with Crippen molar-refractivity contribution in [2.24, 2.45) is 11.8 Å². The molecule has 0 N–H and O–H groups in total. The van der Waals surface area contributed by atoms with Crippen LogP contribution in [0.1, 0.15) is 45.4 Å². The molecule has 0 heterocycles. The first-order valence-electron chi connectivity index (χ1n) is 6.98. The van der Waals surface area contributed by atoms with Gasteiger partial charge in [0, 0.05) is 19.1 Å². The Balaban J connectivity index is 2.07. The molecular weight excluding hydrogens is 236 g/mol. The van der Waals surface area contributed by atoms with Crippen molar-refractivity contribution in [1.82, 2.24) is 0 Å². The van der Waals surface area contributed by atoms with E-state index in [9.17, 15) is 0 Å². The largest absolute Gasteiger partial charge is 0.382 e. The minimum atomic E-state index is 0.400. The van der Waals surface area contributed by atoms with E-state index < -0.39 is 0 Å². The zero-order chi connectivity index (χ0) is 12.5. The van der Waals surface area contributed by atoms with Crippen molar-refractivity contribution in [2.75, 3.05) is 26.9 Å². The minimum absolute atomic E-state index is 0.400. The second kappa shape index (κ2) is 9.18. The van der Waals surface area contributed by atoms with Gasteiger partial charge in [0.1, 0.15) is 0 Å². The van der Waals surface area contributed by atoms with Crippen molar-refractivity contribution >= 4 is 11.6 Å². The average molecular weight is 263 g/mol. The van der Waals surface area contributed by atoms with E-state index in [4.69, 9.17) is 21.1 Å². The van der Waals surface area contributed by atoms with Crippen LogP contribution in [0, 0.1) is 11.8 Å². The van der Waals surface area contributed by atoms with E-state index in [0.717, 1.165) is 18.9 Å². The van der Waals surface area contributed by atoms with Gasteiger partial charge in [-0.25, -0.2) is 0 Å². The molecule has 0 radical (unpaired) electrons. The van der Waals surface area contributed by atoms with Gasteiger partial charge >= 0.3 is 0 Å². The van der Waals surface area contributed by atoms with Gasteiger partial charge in [0.05, 0.1) is 13.2 Å². The number of hydrogen-bond donors (Lipinski definition) is 0. The molecule has 3 unspecified atom stereocenters. The normalized spacial score (nSPS) is 29.5. The molecule has 17 heavy (non-hydrogen) atoms. The molecule has 1 aliphatic carbocycles. The zero-order valence-electron chi connectivity index (χ0n) is 11.3. The van der Waals surface area contributed by atoms with Crippen LogP contribution < -0.4 is 0 Å². The van der Waals surface area contributed by atoms with E-state index in [0.29, 0.717) is 24.5 Å². The Morgan fingerprint density at radius 3 is 2.71 bits per heavy atom. The maximum absolute atomic E-state index is 6.41. The maximum Gasteiger partial charge on any atom is 0.0700 e. The summed E-state index contributed by atoms with van der Waals surface area (Å²) in [5.41, 5.74) is 0. The van der Waals surface area contributed by atoms with Crippen molar-refractivity contribution in [1.29, 1.82) is 0 Å². The number of alkyl halides is 1. The lowest BCUT2D eigenvalue weighted by Crippen LogP contribution is -2.25. The van der Waals surface area contributed by atoms with Crippen LogP contribution in [-0.2, 0) is 9.47 Å². The van der Waals surface area contributed by atoms with Gasteiger partial charge in [0.25, 0.3) is 0 Å². The molecule has 0 aromatic heterocycles. The van der Waals surface area contributed by atoms with Crippen molar-refractivity contribution in [3.05, 3.63) is 0 Å². The number of rotatable bonds is 8. The molecule has 3 atom stereocenters. The summed E-state index contributed by atoms with van der Waals surface area (Å²) in [6.45, 7) is 4.55. The monoisotopic (exact) mass is 262 g/mol. The van der Waals surface area contributed by atoms with Crippen LogP contribution >= 0.6 is 11.6 Å². The summed E-state index contributed by atoms with van der Waals surface area (Å²) in [7, 11) is 1.70. The summed E-state index contributed by atoms with van der Waals surface area (Å²) in [6.07, 6.45) is 7.51. The smallest absolute Gasteiger partial charge is 0.0700 e. The van der Waals surface area contributed by atoms with Gasteiger partial charge in [-0.3, -0.25) is 0 Å². The molecule has 0 spiro atoms. The van der Waals surface area contributed by atoms with Crippen molar-refractivity contribution < 1.29 is 9.47 Å². The Morgan fingerprint density at radius 2 is 2.00 bits per heavy atom. The topological polar surface area (TPSA) is 18.5 Å². The Labute approximate surface area is 111 Å². The summed E-state index contributed by atoms with van der Waals surface area (Å²) in [4.78, 5) is 0. The summed E-state index contributed by atoms with van der Waals surface area (Å²) < 4.78 is 10.4. The second-order valence-electron chi connectivity index (χ2n) is 5.11. The van der Waals surface area contributed by atoms with Crippen LogP contribution in [0.5, 0.6) is 0 Å². The fourth-order valence-electron chi connectivity index (χ4n) is 2.69. The van der Waals surface area contributed by atoms with E-state index in [1.807, 2.05) is 0 Å². The Kier molecular flexibility index (Phi) is 8.25. The zero-order valence-corrected chi connectivity index (χ0v) is 12.0. The molecule has 1 fully saturated rings. The third-order valence-electron chi connectivity index (χ3n) is 3.87. The van der Waals surface area contributed by atoms with Gasteiger partial charge in [0.2, 0.25) is 0 Å². The Bertz CT molecular complexity index is 187.